The number of benzene rings is 3. The second kappa shape index (κ2) is 10.3. The molecule has 0 saturated heterocycles. The van der Waals surface area contributed by atoms with Crippen molar-refractivity contribution < 1.29 is 32.2 Å². The van der Waals surface area contributed by atoms with Crippen LogP contribution in [0.25, 0.3) is 10.9 Å². The van der Waals surface area contributed by atoms with Gasteiger partial charge in [-0.25, -0.2) is 0 Å². The number of carbonyl (C=O) groups is 1. The number of nitrogens with one attached hydrogen (secondary N) is 1. The number of ether oxygens (including phenoxy) is 3. The van der Waals surface area contributed by atoms with Crippen molar-refractivity contribution in [3.63, 3.8) is 0 Å². The third kappa shape index (κ3) is 5.63. The number of hydrogen-bond acceptors (Lipinski definition) is 5. The van der Waals surface area contributed by atoms with E-state index in [4.69, 9.17) is 25.8 Å². The SMILES string of the molecule is COc1cc2nccc(Oc3ccc(NC(=O)Cc4ccc(Cl)c(C(F)(F)F)c4)cc3)c2cc1OC. The number of halogens is 4. The normalized spacial score (nSPS) is 11.3. The van der Waals surface area contributed by atoms with Gasteiger partial charge in [0.15, 0.2) is 11.5 Å². The lowest BCUT2D eigenvalue weighted by atomic mass is 10.1. The topological polar surface area (TPSA) is 69.7 Å². The third-order valence-electron chi connectivity index (χ3n) is 5.27. The van der Waals surface area contributed by atoms with Crippen LogP contribution in [0.5, 0.6) is 23.0 Å². The van der Waals surface area contributed by atoms with Crippen molar-refractivity contribution in [2.45, 2.75) is 12.6 Å². The molecule has 0 bridgehead atoms. The van der Waals surface area contributed by atoms with Crippen LogP contribution in [0.2, 0.25) is 5.02 Å². The van der Waals surface area contributed by atoms with E-state index in [9.17, 15) is 18.0 Å². The minimum absolute atomic E-state index is 0.195. The number of fused-ring (bicyclic) bond motifs is 1. The number of methoxy groups -OCH3 is 2. The van der Waals surface area contributed by atoms with Gasteiger partial charge in [0.1, 0.15) is 11.5 Å². The molecule has 6 nitrogen and oxygen atoms in total. The summed E-state index contributed by atoms with van der Waals surface area (Å²) in [5, 5.41) is 2.96. The molecule has 1 heterocycles. The quantitative estimate of drug-likeness (QED) is 0.289. The van der Waals surface area contributed by atoms with E-state index < -0.39 is 22.7 Å². The fourth-order valence-electron chi connectivity index (χ4n) is 3.56. The maximum absolute atomic E-state index is 13.1. The molecule has 36 heavy (non-hydrogen) atoms. The predicted octanol–water partition coefficient (Wildman–Crippen LogP) is 6.90. The molecule has 0 aliphatic rings. The molecule has 1 aromatic heterocycles. The summed E-state index contributed by atoms with van der Waals surface area (Å²) in [6.07, 6.45) is -3.23. The Bertz CT molecular complexity index is 1410. The lowest BCUT2D eigenvalue weighted by Crippen LogP contribution is -2.15. The highest BCUT2D eigenvalue weighted by molar-refractivity contribution is 6.31. The molecule has 1 amide bonds. The highest BCUT2D eigenvalue weighted by Gasteiger charge is 2.33. The summed E-state index contributed by atoms with van der Waals surface area (Å²) in [5.41, 5.74) is 0.338. The first kappa shape index (κ1) is 25.1. The van der Waals surface area contributed by atoms with Gasteiger partial charge in [-0.3, -0.25) is 9.78 Å². The van der Waals surface area contributed by atoms with Gasteiger partial charge in [0.25, 0.3) is 0 Å². The fourth-order valence-corrected chi connectivity index (χ4v) is 3.78. The van der Waals surface area contributed by atoms with E-state index in [0.717, 1.165) is 12.1 Å². The van der Waals surface area contributed by atoms with Crippen LogP contribution in [0, 0.1) is 0 Å². The van der Waals surface area contributed by atoms with Gasteiger partial charge in [0.05, 0.1) is 36.7 Å². The third-order valence-corrected chi connectivity index (χ3v) is 5.60. The molecule has 0 aliphatic heterocycles. The Hall–Kier alpha value is -3.98. The first-order chi connectivity index (χ1) is 17.2. The summed E-state index contributed by atoms with van der Waals surface area (Å²) >= 11 is 5.63. The lowest BCUT2D eigenvalue weighted by molar-refractivity contribution is -0.137. The van der Waals surface area contributed by atoms with E-state index in [0.29, 0.717) is 39.6 Å². The highest BCUT2D eigenvalue weighted by Crippen LogP contribution is 2.37. The molecule has 186 valence electrons. The van der Waals surface area contributed by atoms with Crippen LogP contribution in [-0.4, -0.2) is 25.1 Å². The molecule has 0 atom stereocenters. The molecular weight excluding hydrogens is 497 g/mol. The highest BCUT2D eigenvalue weighted by atomic mass is 35.5. The summed E-state index contributed by atoms with van der Waals surface area (Å²) in [7, 11) is 3.08. The van der Waals surface area contributed by atoms with Crippen LogP contribution in [0.3, 0.4) is 0 Å². The van der Waals surface area contributed by atoms with E-state index in [-0.39, 0.29) is 12.0 Å². The van der Waals surface area contributed by atoms with Gasteiger partial charge in [0.2, 0.25) is 5.91 Å². The minimum atomic E-state index is -4.60. The van der Waals surface area contributed by atoms with Gasteiger partial charge in [-0.2, -0.15) is 13.2 Å². The zero-order valence-electron chi connectivity index (χ0n) is 19.2. The summed E-state index contributed by atoms with van der Waals surface area (Å²) in [6, 6.07) is 15.2. The smallest absolute Gasteiger partial charge is 0.417 e. The van der Waals surface area contributed by atoms with Gasteiger partial charge in [0, 0.05) is 23.3 Å². The van der Waals surface area contributed by atoms with Crippen molar-refractivity contribution in [3.05, 3.63) is 83.0 Å². The molecule has 3 aromatic carbocycles. The van der Waals surface area contributed by atoms with Crippen LogP contribution in [0.4, 0.5) is 18.9 Å². The Morgan fingerprint density at radius 2 is 1.64 bits per heavy atom. The number of aromatic nitrogens is 1. The molecule has 0 radical (unpaired) electrons. The maximum Gasteiger partial charge on any atom is 0.417 e. The monoisotopic (exact) mass is 516 g/mol. The zero-order chi connectivity index (χ0) is 25.9. The van der Waals surface area contributed by atoms with Crippen LogP contribution < -0.4 is 19.5 Å². The molecule has 4 rings (SSSR count). The Kier molecular flexibility index (Phi) is 7.21. The van der Waals surface area contributed by atoms with Crippen LogP contribution in [0.1, 0.15) is 11.1 Å². The lowest BCUT2D eigenvalue weighted by Gasteiger charge is -2.13. The largest absolute Gasteiger partial charge is 0.493 e. The average molecular weight is 517 g/mol. The van der Waals surface area contributed by atoms with Crippen molar-refractivity contribution in [1.29, 1.82) is 0 Å². The Balaban J connectivity index is 1.46. The second-order valence-corrected chi connectivity index (χ2v) is 8.10. The maximum atomic E-state index is 13.1. The summed E-state index contributed by atoms with van der Waals surface area (Å²) in [6.45, 7) is 0. The number of rotatable bonds is 7. The molecule has 0 saturated carbocycles. The zero-order valence-corrected chi connectivity index (χ0v) is 19.9. The number of hydrogen-bond donors (Lipinski definition) is 1. The number of amides is 1. The molecule has 4 aromatic rings. The number of anilines is 1. The summed E-state index contributed by atoms with van der Waals surface area (Å²) in [4.78, 5) is 16.7. The van der Waals surface area contributed by atoms with Crippen molar-refractivity contribution in [2.24, 2.45) is 0 Å². The molecule has 1 N–H and O–H groups in total. The van der Waals surface area contributed by atoms with E-state index in [1.165, 1.54) is 13.2 Å². The molecule has 0 fully saturated rings. The van der Waals surface area contributed by atoms with Crippen LogP contribution in [-0.2, 0) is 17.4 Å². The molecule has 10 heteroatoms. The van der Waals surface area contributed by atoms with Crippen molar-refractivity contribution in [1.82, 2.24) is 4.98 Å². The first-order valence-electron chi connectivity index (χ1n) is 10.6. The number of nitrogens with zero attached hydrogens (tertiary/aromatic N) is 1. The molecular formula is C26H20ClF3N2O4. The van der Waals surface area contributed by atoms with E-state index in [2.05, 4.69) is 10.3 Å². The fraction of sp³-hybridized carbons (Fsp3) is 0.154. The molecule has 0 aliphatic carbocycles. The number of carbonyl (C=O) groups excluding carboxylic acids is 1. The van der Waals surface area contributed by atoms with Gasteiger partial charge in [-0.15, -0.1) is 0 Å². The summed E-state index contributed by atoms with van der Waals surface area (Å²) < 4.78 is 55.8. The average Bonchev–Trinajstić information content (AvgIpc) is 2.85. The van der Waals surface area contributed by atoms with E-state index in [1.807, 2.05) is 0 Å². The van der Waals surface area contributed by atoms with Gasteiger partial charge in [-0.05, 0) is 54.1 Å². The second-order valence-electron chi connectivity index (χ2n) is 7.70. The van der Waals surface area contributed by atoms with Crippen molar-refractivity contribution >= 4 is 34.1 Å². The Morgan fingerprint density at radius 1 is 0.944 bits per heavy atom. The van der Waals surface area contributed by atoms with Gasteiger partial charge >= 0.3 is 6.18 Å². The summed E-state index contributed by atoms with van der Waals surface area (Å²) in [5.74, 6) is 1.65. The minimum Gasteiger partial charge on any atom is -0.493 e. The van der Waals surface area contributed by atoms with Crippen molar-refractivity contribution in [3.8, 4) is 23.0 Å². The predicted molar refractivity (Wildman–Crippen MR) is 130 cm³/mol. The number of pyridine rings is 1. The Morgan fingerprint density at radius 3 is 2.31 bits per heavy atom. The van der Waals surface area contributed by atoms with Gasteiger partial charge in [-0.1, -0.05) is 17.7 Å². The number of alkyl halides is 3. The van der Waals surface area contributed by atoms with E-state index in [1.54, 1.807) is 55.8 Å². The first-order valence-corrected chi connectivity index (χ1v) is 11.0. The van der Waals surface area contributed by atoms with Crippen LogP contribution in [0.15, 0.2) is 66.9 Å². The van der Waals surface area contributed by atoms with E-state index >= 15 is 0 Å². The van der Waals surface area contributed by atoms with Gasteiger partial charge < -0.3 is 19.5 Å². The van der Waals surface area contributed by atoms with Crippen molar-refractivity contribution in [2.75, 3.05) is 19.5 Å². The molecule has 0 spiro atoms. The Labute approximate surface area is 209 Å². The standard InChI is InChI=1S/C26H20ClF3N2O4/c1-34-23-13-18-21(14-24(23)35-2)31-10-9-22(18)36-17-6-4-16(5-7-17)32-25(33)12-15-3-8-20(27)19(11-15)26(28,29)30/h3-11,13-14H,12H2,1-2H3,(H,32,33). The molecule has 0 unspecified atom stereocenters. The van der Waals surface area contributed by atoms with Crippen LogP contribution >= 0.6 is 11.6 Å².